The van der Waals surface area contributed by atoms with Crippen LogP contribution >= 0.6 is 0 Å². The van der Waals surface area contributed by atoms with Crippen LogP contribution in [-0.4, -0.2) is 53.6 Å². The highest BCUT2D eigenvalue weighted by atomic mass is 16.6. The Kier molecular flexibility index (Phi) is 6.55. The second-order valence-electron chi connectivity index (χ2n) is 8.19. The van der Waals surface area contributed by atoms with Crippen molar-refractivity contribution in [2.75, 3.05) is 19.8 Å². The lowest BCUT2D eigenvalue weighted by Crippen LogP contribution is -2.63. The number of piperidine rings is 1. The van der Waals surface area contributed by atoms with Gasteiger partial charge in [-0.15, -0.1) is 0 Å². The van der Waals surface area contributed by atoms with E-state index in [1.165, 1.54) is 0 Å². The van der Waals surface area contributed by atoms with Crippen molar-refractivity contribution < 1.29 is 24.1 Å². The lowest BCUT2D eigenvalue weighted by molar-refractivity contribution is -0.136. The summed E-state index contributed by atoms with van der Waals surface area (Å²) >= 11 is 0. The van der Waals surface area contributed by atoms with Crippen molar-refractivity contribution in [3.63, 3.8) is 0 Å². The average molecular weight is 411 g/mol. The van der Waals surface area contributed by atoms with Crippen molar-refractivity contribution in [2.24, 2.45) is 0 Å². The highest BCUT2D eigenvalue weighted by Crippen LogP contribution is 2.37. The molecule has 2 saturated heterocycles. The van der Waals surface area contributed by atoms with Gasteiger partial charge >= 0.3 is 6.09 Å². The summed E-state index contributed by atoms with van der Waals surface area (Å²) in [5, 5.41) is 11.2. The van der Waals surface area contributed by atoms with E-state index in [9.17, 15) is 9.90 Å². The zero-order valence-electron chi connectivity index (χ0n) is 17.1. The summed E-state index contributed by atoms with van der Waals surface area (Å²) in [5.41, 5.74) is 0.147. The highest BCUT2D eigenvalue weighted by molar-refractivity contribution is 5.69. The van der Waals surface area contributed by atoms with Crippen LogP contribution in [0.2, 0.25) is 0 Å². The Balaban J connectivity index is 1.29. The molecular weight excluding hydrogens is 382 g/mol. The van der Waals surface area contributed by atoms with E-state index in [-0.39, 0.29) is 24.8 Å². The SMILES string of the molecule is O=C(OCc1ccccc1)N1C2COCC1CC(O)(CCCOc1ccccc1)C2. The molecule has 0 aliphatic carbocycles. The third kappa shape index (κ3) is 5.12. The molecule has 2 heterocycles. The zero-order valence-corrected chi connectivity index (χ0v) is 17.1. The van der Waals surface area contributed by atoms with Gasteiger partial charge in [-0.25, -0.2) is 4.79 Å². The molecule has 0 aromatic heterocycles. The number of hydrogen-bond donors (Lipinski definition) is 1. The number of ether oxygens (including phenoxy) is 3. The van der Waals surface area contributed by atoms with E-state index >= 15 is 0 Å². The summed E-state index contributed by atoms with van der Waals surface area (Å²) in [7, 11) is 0. The van der Waals surface area contributed by atoms with Crippen LogP contribution in [0.1, 0.15) is 31.2 Å². The molecule has 1 N–H and O–H groups in total. The molecule has 2 atom stereocenters. The number of rotatable bonds is 7. The Hall–Kier alpha value is -2.57. The summed E-state index contributed by atoms with van der Waals surface area (Å²) in [6.07, 6.45) is 2.06. The predicted octanol–water partition coefficient (Wildman–Crippen LogP) is 3.78. The number of para-hydroxylation sites is 1. The minimum atomic E-state index is -0.810. The van der Waals surface area contributed by atoms with Crippen molar-refractivity contribution in [3.05, 3.63) is 66.2 Å². The number of nitrogens with zero attached hydrogens (tertiary/aromatic N) is 1. The Morgan fingerprint density at radius 1 is 1.03 bits per heavy atom. The van der Waals surface area contributed by atoms with Gasteiger partial charge in [-0.1, -0.05) is 48.5 Å². The summed E-state index contributed by atoms with van der Waals surface area (Å²) in [4.78, 5) is 14.5. The Morgan fingerprint density at radius 2 is 1.67 bits per heavy atom. The van der Waals surface area contributed by atoms with Crippen LogP contribution < -0.4 is 4.74 Å². The predicted molar refractivity (Wildman–Crippen MR) is 112 cm³/mol. The first-order chi connectivity index (χ1) is 14.6. The molecule has 2 aliphatic rings. The Labute approximate surface area is 177 Å². The van der Waals surface area contributed by atoms with Gasteiger partial charge in [-0.2, -0.15) is 0 Å². The van der Waals surface area contributed by atoms with Crippen LogP contribution in [0.15, 0.2) is 60.7 Å². The second-order valence-corrected chi connectivity index (χ2v) is 8.19. The number of aliphatic hydroxyl groups is 1. The first-order valence-electron chi connectivity index (χ1n) is 10.6. The summed E-state index contributed by atoms with van der Waals surface area (Å²) in [6, 6.07) is 19.0. The number of benzene rings is 2. The van der Waals surface area contributed by atoms with Gasteiger partial charge in [0, 0.05) is 0 Å². The normalized spacial score (nSPS) is 25.6. The lowest BCUT2D eigenvalue weighted by atomic mass is 9.78. The fourth-order valence-electron chi connectivity index (χ4n) is 4.48. The van der Waals surface area contributed by atoms with E-state index in [0.29, 0.717) is 39.1 Å². The molecule has 6 nitrogen and oxygen atoms in total. The van der Waals surface area contributed by atoms with Crippen LogP contribution in [0.5, 0.6) is 5.75 Å². The maximum Gasteiger partial charge on any atom is 0.410 e. The molecule has 6 heteroatoms. The molecule has 0 saturated carbocycles. The zero-order chi connectivity index (χ0) is 20.8. The van der Waals surface area contributed by atoms with E-state index < -0.39 is 5.60 Å². The van der Waals surface area contributed by atoms with Crippen molar-refractivity contribution in [1.29, 1.82) is 0 Å². The van der Waals surface area contributed by atoms with Crippen molar-refractivity contribution in [3.8, 4) is 5.75 Å². The van der Waals surface area contributed by atoms with Gasteiger partial charge in [-0.05, 0) is 43.4 Å². The molecular formula is C24H29NO5. The number of fused-ring (bicyclic) bond motifs is 2. The van der Waals surface area contributed by atoms with Crippen LogP contribution in [0.25, 0.3) is 0 Å². The summed E-state index contributed by atoms with van der Waals surface area (Å²) in [5.74, 6) is 0.839. The molecule has 30 heavy (non-hydrogen) atoms. The molecule has 2 bridgehead atoms. The number of hydrogen-bond acceptors (Lipinski definition) is 5. The quantitative estimate of drug-likeness (QED) is 0.703. The van der Waals surface area contributed by atoms with Crippen molar-refractivity contribution in [2.45, 2.75) is 50.0 Å². The third-order valence-corrected chi connectivity index (χ3v) is 5.85. The molecule has 2 unspecified atom stereocenters. The average Bonchev–Trinajstić information content (AvgIpc) is 2.76. The number of morpholine rings is 1. The third-order valence-electron chi connectivity index (χ3n) is 5.85. The smallest absolute Gasteiger partial charge is 0.410 e. The maximum absolute atomic E-state index is 12.8. The van der Waals surface area contributed by atoms with Gasteiger partial charge in [0.15, 0.2) is 0 Å². The molecule has 1 amide bonds. The maximum atomic E-state index is 12.8. The van der Waals surface area contributed by atoms with Crippen LogP contribution in [0.4, 0.5) is 4.79 Å². The molecule has 2 aromatic rings. The Bertz CT molecular complexity index is 799. The largest absolute Gasteiger partial charge is 0.494 e. The van der Waals surface area contributed by atoms with E-state index in [0.717, 1.165) is 17.7 Å². The minimum Gasteiger partial charge on any atom is -0.494 e. The lowest BCUT2D eigenvalue weighted by Gasteiger charge is -2.51. The van der Waals surface area contributed by atoms with Gasteiger partial charge in [0.25, 0.3) is 0 Å². The first-order valence-corrected chi connectivity index (χ1v) is 10.6. The van der Waals surface area contributed by atoms with Gasteiger partial charge < -0.3 is 19.3 Å². The standard InChI is InChI=1S/C24H29NO5/c26-23(30-16-19-8-3-1-4-9-19)25-20-14-24(27,15-21(25)18-28-17-20)12-7-13-29-22-10-5-2-6-11-22/h1-6,8-11,20-21,27H,7,12-18H2. The number of carbonyl (C=O) groups is 1. The van der Waals surface area contributed by atoms with Gasteiger partial charge in [0.1, 0.15) is 12.4 Å². The van der Waals surface area contributed by atoms with Gasteiger partial charge in [-0.3, -0.25) is 4.90 Å². The Morgan fingerprint density at radius 3 is 2.33 bits per heavy atom. The van der Waals surface area contributed by atoms with Gasteiger partial charge in [0.05, 0.1) is 37.5 Å². The fourth-order valence-corrected chi connectivity index (χ4v) is 4.48. The highest BCUT2D eigenvalue weighted by Gasteiger charge is 2.48. The first kappa shape index (κ1) is 20.7. The van der Waals surface area contributed by atoms with E-state index in [4.69, 9.17) is 14.2 Å². The minimum absolute atomic E-state index is 0.166. The number of carbonyl (C=O) groups excluding carboxylic acids is 1. The van der Waals surface area contributed by atoms with Crippen LogP contribution in [0.3, 0.4) is 0 Å². The summed E-state index contributed by atoms with van der Waals surface area (Å²) < 4.78 is 17.0. The van der Waals surface area contributed by atoms with E-state index in [2.05, 4.69) is 0 Å². The van der Waals surface area contributed by atoms with Gasteiger partial charge in [0.2, 0.25) is 0 Å². The monoisotopic (exact) mass is 411 g/mol. The van der Waals surface area contributed by atoms with Crippen molar-refractivity contribution >= 4 is 6.09 Å². The molecule has 0 spiro atoms. The summed E-state index contributed by atoms with van der Waals surface area (Å²) in [6.45, 7) is 1.66. The van der Waals surface area contributed by atoms with Crippen molar-refractivity contribution in [1.82, 2.24) is 4.90 Å². The molecule has 4 rings (SSSR count). The van der Waals surface area contributed by atoms with E-state index in [1.807, 2.05) is 60.7 Å². The molecule has 0 radical (unpaired) electrons. The molecule has 2 aromatic carbocycles. The number of amides is 1. The molecule has 2 fully saturated rings. The van der Waals surface area contributed by atoms with E-state index in [1.54, 1.807) is 4.90 Å². The topological polar surface area (TPSA) is 68.2 Å². The second kappa shape index (κ2) is 9.49. The van der Waals surface area contributed by atoms with Crippen LogP contribution in [-0.2, 0) is 16.1 Å². The molecule has 160 valence electrons. The van der Waals surface area contributed by atoms with Crippen LogP contribution in [0, 0.1) is 0 Å². The fraction of sp³-hybridized carbons (Fsp3) is 0.458. The molecule has 2 aliphatic heterocycles.